The Balaban J connectivity index is 2.31. The number of nitrogens with zero attached hydrogens (tertiary/aromatic N) is 2. The van der Waals surface area contributed by atoms with E-state index in [1.807, 2.05) is 32.1 Å². The second-order valence-electron chi connectivity index (χ2n) is 8.92. The Morgan fingerprint density at radius 1 is 1.31 bits per heavy atom. The molecule has 3 N–H and O–H groups in total. The molecule has 6 nitrogen and oxygen atoms in total. The van der Waals surface area contributed by atoms with Gasteiger partial charge >= 0.3 is 0 Å². The lowest BCUT2D eigenvalue weighted by Crippen LogP contribution is -2.30. The van der Waals surface area contributed by atoms with Crippen molar-refractivity contribution in [1.29, 1.82) is 5.26 Å². The average Bonchev–Trinajstić information content (AvgIpc) is 2.83. The van der Waals surface area contributed by atoms with E-state index in [9.17, 15) is 10.1 Å². The third-order valence-corrected chi connectivity index (χ3v) is 5.81. The molecule has 0 aliphatic rings. The van der Waals surface area contributed by atoms with Gasteiger partial charge in [-0.1, -0.05) is 37.8 Å². The predicted molar refractivity (Wildman–Crippen MR) is 143 cm³/mol. The summed E-state index contributed by atoms with van der Waals surface area (Å²) in [6.45, 7) is 16.3. The minimum atomic E-state index is -0.319. The molecule has 2 rings (SSSR count). The third kappa shape index (κ3) is 7.54. The molecule has 0 aromatic heterocycles. The number of nitrogens with one attached hydrogen (secondary N) is 1. The number of rotatable bonds is 13. The van der Waals surface area contributed by atoms with Gasteiger partial charge in [-0.15, -0.1) is 6.58 Å². The molecule has 1 unspecified atom stereocenters. The maximum Gasteiger partial charge on any atom is 0.255 e. The van der Waals surface area contributed by atoms with Crippen LogP contribution in [0.4, 0.5) is 0 Å². The Kier molecular flexibility index (Phi) is 10.7. The second kappa shape index (κ2) is 13.5. The molecule has 0 saturated carbocycles. The summed E-state index contributed by atoms with van der Waals surface area (Å²) in [5.74, 6) is 0.404. The maximum absolute atomic E-state index is 13.0. The van der Waals surface area contributed by atoms with E-state index in [0.717, 1.165) is 37.1 Å². The van der Waals surface area contributed by atoms with Gasteiger partial charge in [0.2, 0.25) is 0 Å². The lowest BCUT2D eigenvalue weighted by molar-refractivity contribution is 0.0973. The molecule has 1 atom stereocenters. The van der Waals surface area contributed by atoms with Crippen molar-refractivity contribution in [3.8, 4) is 11.8 Å². The minimum Gasteiger partial charge on any atom is -0.490 e. The number of carbonyl (C=O) groups is 1. The van der Waals surface area contributed by atoms with Crippen molar-refractivity contribution in [3.05, 3.63) is 83.4 Å². The van der Waals surface area contributed by atoms with Gasteiger partial charge in [-0.3, -0.25) is 4.79 Å². The van der Waals surface area contributed by atoms with Crippen LogP contribution in [0, 0.1) is 11.3 Å². The van der Waals surface area contributed by atoms with Gasteiger partial charge in [-0.2, -0.15) is 5.26 Å². The molecule has 2 aromatic rings. The fraction of sp³-hybridized carbons (Fsp3) is 0.379. The highest BCUT2D eigenvalue weighted by molar-refractivity contribution is 6.00. The standard InChI is InChI=1S/C29H38N4O2/c1-7-10-23(19-33(6)16-15-30)27-12-9-11-26(25(27)8-2)21(5)32-29(34)22-13-14-28(35-20(3)4)24(17-22)18-31/h7,9,11-14,17,20,23H,1,5,8,10,15-16,19,30H2,2-4,6H3,(H,32,34). The van der Waals surface area contributed by atoms with Crippen molar-refractivity contribution >= 4 is 11.6 Å². The number of ether oxygens (including phenoxy) is 1. The molecule has 0 fully saturated rings. The average molecular weight is 475 g/mol. The van der Waals surface area contributed by atoms with Crippen molar-refractivity contribution in [1.82, 2.24) is 10.2 Å². The smallest absolute Gasteiger partial charge is 0.255 e. The van der Waals surface area contributed by atoms with Gasteiger partial charge in [0.05, 0.1) is 11.7 Å². The molecule has 0 spiro atoms. The van der Waals surface area contributed by atoms with E-state index in [1.54, 1.807) is 18.2 Å². The van der Waals surface area contributed by atoms with Crippen LogP contribution in [0.2, 0.25) is 0 Å². The van der Waals surface area contributed by atoms with E-state index in [-0.39, 0.29) is 17.9 Å². The first-order chi connectivity index (χ1) is 16.7. The number of allylic oxidation sites excluding steroid dienone is 1. The summed E-state index contributed by atoms with van der Waals surface area (Å²) in [5, 5.41) is 12.4. The number of likely N-dealkylation sites (N-methyl/N-ethyl adjacent to an activating group) is 1. The van der Waals surface area contributed by atoms with Gasteiger partial charge in [0.15, 0.2) is 0 Å². The lowest BCUT2D eigenvalue weighted by atomic mass is 9.86. The molecule has 0 saturated heterocycles. The number of carbonyl (C=O) groups excluding carboxylic acids is 1. The van der Waals surface area contributed by atoms with Crippen LogP contribution in [-0.4, -0.2) is 43.6 Å². The van der Waals surface area contributed by atoms with Crippen molar-refractivity contribution in [2.45, 2.75) is 45.6 Å². The predicted octanol–water partition coefficient (Wildman–Crippen LogP) is 4.86. The summed E-state index contributed by atoms with van der Waals surface area (Å²) in [4.78, 5) is 15.2. The van der Waals surface area contributed by atoms with E-state index >= 15 is 0 Å². The van der Waals surface area contributed by atoms with E-state index in [4.69, 9.17) is 10.5 Å². The Morgan fingerprint density at radius 2 is 2.06 bits per heavy atom. The summed E-state index contributed by atoms with van der Waals surface area (Å²) in [6, 6.07) is 13.1. The quantitative estimate of drug-likeness (QED) is 0.405. The Hall–Kier alpha value is -3.40. The molecule has 35 heavy (non-hydrogen) atoms. The summed E-state index contributed by atoms with van der Waals surface area (Å²) in [6.07, 6.45) is 3.52. The van der Waals surface area contributed by atoms with Crippen LogP contribution in [0.3, 0.4) is 0 Å². The van der Waals surface area contributed by atoms with E-state index in [1.165, 1.54) is 5.56 Å². The lowest BCUT2D eigenvalue weighted by Gasteiger charge is -2.26. The molecule has 0 heterocycles. The first kappa shape index (κ1) is 27.8. The van der Waals surface area contributed by atoms with Crippen molar-refractivity contribution in [2.75, 3.05) is 26.7 Å². The van der Waals surface area contributed by atoms with Gasteiger partial charge in [0, 0.05) is 42.4 Å². The zero-order valence-electron chi connectivity index (χ0n) is 21.4. The van der Waals surface area contributed by atoms with Crippen LogP contribution < -0.4 is 15.8 Å². The van der Waals surface area contributed by atoms with Crippen molar-refractivity contribution in [2.24, 2.45) is 5.73 Å². The van der Waals surface area contributed by atoms with Crippen LogP contribution in [0.25, 0.3) is 5.70 Å². The zero-order chi connectivity index (χ0) is 26.0. The Bertz CT molecular complexity index is 1080. The van der Waals surface area contributed by atoms with Gasteiger partial charge in [0.25, 0.3) is 5.91 Å². The molecule has 0 aliphatic carbocycles. The molecular formula is C29H38N4O2. The topological polar surface area (TPSA) is 91.4 Å². The summed E-state index contributed by atoms with van der Waals surface area (Å²) in [7, 11) is 2.07. The monoisotopic (exact) mass is 474 g/mol. The van der Waals surface area contributed by atoms with Gasteiger partial charge < -0.3 is 20.7 Å². The van der Waals surface area contributed by atoms with Crippen LogP contribution in [0.5, 0.6) is 5.75 Å². The fourth-order valence-electron chi connectivity index (χ4n) is 4.25. The van der Waals surface area contributed by atoms with Crippen LogP contribution in [-0.2, 0) is 6.42 Å². The second-order valence-corrected chi connectivity index (χ2v) is 8.92. The van der Waals surface area contributed by atoms with Crippen LogP contribution >= 0.6 is 0 Å². The number of hydrogen-bond acceptors (Lipinski definition) is 5. The maximum atomic E-state index is 13.0. The molecule has 0 bridgehead atoms. The minimum absolute atomic E-state index is 0.0682. The summed E-state index contributed by atoms with van der Waals surface area (Å²) < 4.78 is 5.66. The molecule has 0 radical (unpaired) electrons. The fourth-order valence-corrected chi connectivity index (χ4v) is 4.25. The molecule has 186 valence electrons. The molecular weight excluding hydrogens is 436 g/mol. The molecule has 2 aromatic carbocycles. The highest BCUT2D eigenvalue weighted by Gasteiger charge is 2.20. The SMILES string of the molecule is C=CCC(CN(C)CCN)c1cccc(C(=C)NC(=O)c2ccc(OC(C)C)c(C#N)c2)c1CC. The molecule has 1 amide bonds. The number of hydrogen-bond donors (Lipinski definition) is 2. The normalized spacial score (nSPS) is 11.7. The third-order valence-electron chi connectivity index (χ3n) is 5.81. The Labute approximate surface area is 210 Å². The highest BCUT2D eigenvalue weighted by Crippen LogP contribution is 2.30. The summed E-state index contributed by atoms with van der Waals surface area (Å²) >= 11 is 0. The van der Waals surface area contributed by atoms with E-state index in [2.05, 4.69) is 49.5 Å². The first-order valence-electron chi connectivity index (χ1n) is 12.1. The van der Waals surface area contributed by atoms with E-state index < -0.39 is 0 Å². The van der Waals surface area contributed by atoms with Crippen molar-refractivity contribution < 1.29 is 9.53 Å². The van der Waals surface area contributed by atoms with Crippen LogP contribution in [0.15, 0.2) is 55.6 Å². The first-order valence-corrected chi connectivity index (χ1v) is 12.1. The Morgan fingerprint density at radius 3 is 2.66 bits per heavy atom. The summed E-state index contributed by atoms with van der Waals surface area (Å²) in [5.41, 5.74) is 10.3. The van der Waals surface area contributed by atoms with Gasteiger partial charge in [0.1, 0.15) is 11.8 Å². The largest absolute Gasteiger partial charge is 0.490 e. The number of nitrogens with two attached hydrogens (primary N) is 1. The number of benzene rings is 2. The number of nitriles is 1. The van der Waals surface area contributed by atoms with Gasteiger partial charge in [-0.25, -0.2) is 0 Å². The van der Waals surface area contributed by atoms with Crippen molar-refractivity contribution in [3.63, 3.8) is 0 Å². The molecule has 6 heteroatoms. The molecule has 0 aliphatic heterocycles. The van der Waals surface area contributed by atoms with Gasteiger partial charge in [-0.05, 0) is 63.1 Å². The van der Waals surface area contributed by atoms with E-state index in [0.29, 0.717) is 29.1 Å². The number of amides is 1. The van der Waals surface area contributed by atoms with Crippen LogP contribution in [0.1, 0.15) is 65.7 Å². The zero-order valence-corrected chi connectivity index (χ0v) is 21.4. The highest BCUT2D eigenvalue weighted by atomic mass is 16.5.